The molecule has 1 fully saturated rings. The highest BCUT2D eigenvalue weighted by Crippen LogP contribution is 2.25. The van der Waals surface area contributed by atoms with Crippen LogP contribution in [-0.4, -0.2) is 38.8 Å². The van der Waals surface area contributed by atoms with Crippen LogP contribution in [0.25, 0.3) is 0 Å². The van der Waals surface area contributed by atoms with Crippen molar-refractivity contribution >= 4 is 16.0 Å². The van der Waals surface area contributed by atoms with Crippen LogP contribution in [0.2, 0.25) is 0 Å². The molecule has 0 aromatic heterocycles. The molecule has 0 aliphatic carbocycles. The third-order valence-corrected chi connectivity index (χ3v) is 4.15. The van der Waals surface area contributed by atoms with Gasteiger partial charge in [-0.2, -0.15) is 0 Å². The summed E-state index contributed by atoms with van der Waals surface area (Å²) in [6.07, 6.45) is 2.75. The SMILES string of the molecule is NS(=O)(=O)c1cc(C(=O)O)ccc1OCCC1CCCO1. The van der Waals surface area contributed by atoms with Gasteiger partial charge in [-0.3, -0.25) is 0 Å². The van der Waals surface area contributed by atoms with Crippen LogP contribution in [0, 0.1) is 0 Å². The maximum Gasteiger partial charge on any atom is 0.335 e. The van der Waals surface area contributed by atoms with Crippen LogP contribution < -0.4 is 9.88 Å². The topological polar surface area (TPSA) is 116 Å². The Bertz CT molecular complexity index is 622. The highest BCUT2D eigenvalue weighted by Gasteiger charge is 2.19. The van der Waals surface area contributed by atoms with Crippen LogP contribution in [0.3, 0.4) is 0 Å². The number of rotatable bonds is 6. The lowest BCUT2D eigenvalue weighted by atomic mass is 10.2. The monoisotopic (exact) mass is 315 g/mol. The molecule has 1 unspecified atom stereocenters. The summed E-state index contributed by atoms with van der Waals surface area (Å²) in [6.45, 7) is 1.01. The molecule has 21 heavy (non-hydrogen) atoms. The molecule has 1 aromatic carbocycles. The van der Waals surface area contributed by atoms with Crippen LogP contribution in [0.1, 0.15) is 29.6 Å². The van der Waals surface area contributed by atoms with Gasteiger partial charge in [0.25, 0.3) is 0 Å². The van der Waals surface area contributed by atoms with Gasteiger partial charge in [-0.25, -0.2) is 18.4 Å². The number of carboxylic acids is 1. The van der Waals surface area contributed by atoms with Gasteiger partial charge in [-0.1, -0.05) is 0 Å². The van der Waals surface area contributed by atoms with E-state index in [1.54, 1.807) is 0 Å². The first-order valence-electron chi connectivity index (χ1n) is 6.52. The minimum absolute atomic E-state index is 0.0560. The molecule has 1 aliphatic heterocycles. The van der Waals surface area contributed by atoms with Crippen molar-refractivity contribution in [2.24, 2.45) is 5.14 Å². The Morgan fingerprint density at radius 2 is 2.24 bits per heavy atom. The quantitative estimate of drug-likeness (QED) is 0.808. The zero-order valence-electron chi connectivity index (χ0n) is 11.3. The largest absolute Gasteiger partial charge is 0.492 e. The van der Waals surface area contributed by atoms with Gasteiger partial charge in [-0.05, 0) is 31.0 Å². The van der Waals surface area contributed by atoms with E-state index in [4.69, 9.17) is 19.7 Å². The van der Waals surface area contributed by atoms with Gasteiger partial charge in [-0.15, -0.1) is 0 Å². The van der Waals surface area contributed by atoms with Crippen LogP contribution in [-0.2, 0) is 14.8 Å². The molecule has 0 radical (unpaired) electrons. The van der Waals surface area contributed by atoms with Gasteiger partial charge in [0.05, 0.1) is 18.3 Å². The van der Waals surface area contributed by atoms with Gasteiger partial charge >= 0.3 is 5.97 Å². The molecule has 1 aromatic rings. The van der Waals surface area contributed by atoms with Crippen molar-refractivity contribution in [3.63, 3.8) is 0 Å². The van der Waals surface area contributed by atoms with E-state index in [2.05, 4.69) is 0 Å². The molecule has 3 N–H and O–H groups in total. The predicted molar refractivity (Wildman–Crippen MR) is 73.9 cm³/mol. The van der Waals surface area contributed by atoms with Crippen molar-refractivity contribution < 1.29 is 27.8 Å². The number of carbonyl (C=O) groups is 1. The van der Waals surface area contributed by atoms with Crippen LogP contribution in [0.15, 0.2) is 23.1 Å². The van der Waals surface area contributed by atoms with Crippen molar-refractivity contribution in [3.05, 3.63) is 23.8 Å². The van der Waals surface area contributed by atoms with E-state index < -0.39 is 16.0 Å². The maximum absolute atomic E-state index is 11.5. The minimum Gasteiger partial charge on any atom is -0.492 e. The van der Waals surface area contributed by atoms with Crippen molar-refractivity contribution in [1.82, 2.24) is 0 Å². The lowest BCUT2D eigenvalue weighted by Gasteiger charge is -2.13. The number of hydrogen-bond acceptors (Lipinski definition) is 5. The van der Waals surface area contributed by atoms with Crippen LogP contribution >= 0.6 is 0 Å². The van der Waals surface area contributed by atoms with Crippen LogP contribution in [0.5, 0.6) is 5.75 Å². The van der Waals surface area contributed by atoms with Crippen molar-refractivity contribution in [2.75, 3.05) is 13.2 Å². The second-order valence-corrected chi connectivity index (χ2v) is 6.31. The number of carboxylic acid groups (broad SMARTS) is 1. The fourth-order valence-corrected chi connectivity index (χ4v) is 2.85. The molecule has 1 heterocycles. The smallest absolute Gasteiger partial charge is 0.335 e. The Labute approximate surface area is 122 Å². The zero-order chi connectivity index (χ0) is 15.5. The molecular weight excluding hydrogens is 298 g/mol. The van der Waals surface area contributed by atoms with E-state index in [-0.39, 0.29) is 28.9 Å². The molecule has 116 valence electrons. The third kappa shape index (κ3) is 4.16. The number of aromatic carboxylic acids is 1. The van der Waals surface area contributed by atoms with E-state index in [1.807, 2.05) is 0 Å². The predicted octanol–water partition coefficient (Wildman–Crippen LogP) is 0.980. The zero-order valence-corrected chi connectivity index (χ0v) is 12.1. The summed E-state index contributed by atoms with van der Waals surface area (Å²) < 4.78 is 33.9. The number of ether oxygens (including phenoxy) is 2. The lowest BCUT2D eigenvalue weighted by Crippen LogP contribution is -2.16. The van der Waals surface area contributed by atoms with E-state index >= 15 is 0 Å². The normalized spacial score (nSPS) is 18.6. The molecule has 0 spiro atoms. The molecule has 0 saturated carbocycles. The average Bonchev–Trinajstić information content (AvgIpc) is 2.90. The first kappa shape index (κ1) is 15.7. The number of benzene rings is 1. The van der Waals surface area contributed by atoms with Crippen molar-refractivity contribution in [3.8, 4) is 5.75 Å². The molecule has 7 nitrogen and oxygen atoms in total. The molecule has 2 rings (SSSR count). The van der Waals surface area contributed by atoms with E-state index in [0.29, 0.717) is 6.42 Å². The molecule has 1 saturated heterocycles. The third-order valence-electron chi connectivity index (χ3n) is 3.22. The molecule has 1 atom stereocenters. The summed E-state index contributed by atoms with van der Waals surface area (Å²) in [4.78, 5) is 10.6. The summed E-state index contributed by atoms with van der Waals surface area (Å²) in [5, 5.41) is 14.0. The number of nitrogens with two attached hydrogens (primary N) is 1. The van der Waals surface area contributed by atoms with Crippen LogP contribution in [0.4, 0.5) is 0 Å². The standard InChI is InChI=1S/C13H17NO6S/c14-21(17,18)12-8-9(13(15)16)3-4-11(12)20-7-5-10-2-1-6-19-10/h3-4,8,10H,1-2,5-7H2,(H,15,16)(H2,14,17,18). The Hall–Kier alpha value is -1.64. The highest BCUT2D eigenvalue weighted by molar-refractivity contribution is 7.89. The summed E-state index contributed by atoms with van der Waals surface area (Å²) in [5.41, 5.74) is -0.162. The Morgan fingerprint density at radius 1 is 1.48 bits per heavy atom. The molecule has 8 heteroatoms. The minimum atomic E-state index is -4.06. The maximum atomic E-state index is 11.5. The first-order valence-corrected chi connectivity index (χ1v) is 8.07. The van der Waals surface area contributed by atoms with E-state index in [9.17, 15) is 13.2 Å². The highest BCUT2D eigenvalue weighted by atomic mass is 32.2. The van der Waals surface area contributed by atoms with E-state index in [1.165, 1.54) is 12.1 Å². The van der Waals surface area contributed by atoms with Gasteiger partial charge in [0.1, 0.15) is 10.6 Å². The molecule has 0 bridgehead atoms. The Balaban J connectivity index is 2.12. The summed E-state index contributed by atoms with van der Waals surface area (Å²) >= 11 is 0. The van der Waals surface area contributed by atoms with Crippen molar-refractivity contribution in [2.45, 2.75) is 30.3 Å². The number of sulfonamides is 1. The molecule has 1 aliphatic rings. The average molecular weight is 315 g/mol. The van der Waals surface area contributed by atoms with E-state index in [0.717, 1.165) is 25.5 Å². The van der Waals surface area contributed by atoms with Gasteiger partial charge < -0.3 is 14.6 Å². The fraction of sp³-hybridized carbons (Fsp3) is 0.462. The number of primary sulfonamides is 1. The fourth-order valence-electron chi connectivity index (χ4n) is 2.16. The second-order valence-electron chi connectivity index (χ2n) is 4.78. The van der Waals surface area contributed by atoms with Gasteiger partial charge in [0.15, 0.2) is 0 Å². The van der Waals surface area contributed by atoms with Crippen molar-refractivity contribution in [1.29, 1.82) is 0 Å². The summed E-state index contributed by atoms with van der Waals surface area (Å²) in [5.74, 6) is -1.17. The summed E-state index contributed by atoms with van der Waals surface area (Å²) in [7, 11) is -4.06. The lowest BCUT2D eigenvalue weighted by molar-refractivity contribution is 0.0696. The molecule has 0 amide bonds. The first-order chi connectivity index (χ1) is 9.88. The number of hydrogen-bond donors (Lipinski definition) is 2. The Morgan fingerprint density at radius 3 is 2.81 bits per heavy atom. The molecular formula is C13H17NO6S. The van der Waals surface area contributed by atoms with Gasteiger partial charge in [0.2, 0.25) is 10.0 Å². The van der Waals surface area contributed by atoms with Gasteiger partial charge in [0, 0.05) is 13.0 Å². The Kier molecular flexibility index (Phi) is 4.81. The summed E-state index contributed by atoms with van der Waals surface area (Å²) in [6, 6.07) is 3.58. The second kappa shape index (κ2) is 6.42.